The molecule has 19 heavy (non-hydrogen) atoms. The predicted octanol–water partition coefficient (Wildman–Crippen LogP) is 2.56. The van der Waals surface area contributed by atoms with Crippen LogP contribution in [0.1, 0.15) is 45.0 Å². The Morgan fingerprint density at radius 2 is 1.95 bits per heavy atom. The maximum Gasteiger partial charge on any atom is 0.219 e. The lowest BCUT2D eigenvalue weighted by Crippen LogP contribution is -2.25. The van der Waals surface area contributed by atoms with Gasteiger partial charge in [0.05, 0.1) is 0 Å². The maximum absolute atomic E-state index is 5.84. The molecule has 0 bridgehead atoms. The van der Waals surface area contributed by atoms with Crippen LogP contribution in [-0.4, -0.2) is 41.1 Å². The number of aromatic nitrogens is 2. The number of hydrogen-bond acceptors (Lipinski definition) is 4. The lowest BCUT2D eigenvalue weighted by Gasteiger charge is -2.19. The molecule has 0 N–H and O–H groups in total. The molecule has 0 aliphatic carbocycles. The molecule has 0 atom stereocenters. The van der Waals surface area contributed by atoms with Crippen molar-refractivity contribution < 1.29 is 4.74 Å². The molecule has 0 unspecified atom stereocenters. The van der Waals surface area contributed by atoms with E-state index in [2.05, 4.69) is 35.6 Å². The Bertz CT molecular complexity index is 420. The van der Waals surface area contributed by atoms with E-state index in [1.807, 2.05) is 13.1 Å². The third-order valence-corrected chi connectivity index (χ3v) is 3.44. The Balaban J connectivity index is 1.94. The first-order valence-corrected chi connectivity index (χ1v) is 7.16. The summed E-state index contributed by atoms with van der Waals surface area (Å²) in [5.41, 5.74) is 0.968. The second-order valence-corrected chi connectivity index (χ2v) is 6.33. The van der Waals surface area contributed by atoms with Crippen molar-refractivity contribution in [2.75, 3.05) is 26.2 Å². The average molecular weight is 263 g/mol. The third-order valence-electron chi connectivity index (χ3n) is 3.44. The van der Waals surface area contributed by atoms with Gasteiger partial charge in [0.15, 0.2) is 0 Å². The lowest BCUT2D eigenvalue weighted by molar-refractivity contribution is 0.229. The minimum absolute atomic E-state index is 0.0409. The first kappa shape index (κ1) is 14.3. The summed E-state index contributed by atoms with van der Waals surface area (Å²) in [4.78, 5) is 11.4. The van der Waals surface area contributed by atoms with Crippen LogP contribution in [0.15, 0.2) is 6.20 Å². The van der Waals surface area contributed by atoms with Crippen LogP contribution < -0.4 is 4.74 Å². The van der Waals surface area contributed by atoms with E-state index in [0.29, 0.717) is 6.61 Å². The largest absolute Gasteiger partial charge is 0.476 e. The molecule has 0 spiro atoms. The number of ether oxygens (including phenoxy) is 1. The van der Waals surface area contributed by atoms with Crippen LogP contribution in [0.5, 0.6) is 5.88 Å². The summed E-state index contributed by atoms with van der Waals surface area (Å²) >= 11 is 0. The summed E-state index contributed by atoms with van der Waals surface area (Å²) in [5, 5.41) is 0. The number of likely N-dealkylation sites (tertiary alicyclic amines) is 1. The van der Waals surface area contributed by atoms with E-state index >= 15 is 0 Å². The Hall–Kier alpha value is -1.16. The SMILES string of the molecule is Cc1cnc(C(C)(C)C)nc1OCCN1CCCC1. The molecule has 1 aliphatic heterocycles. The van der Waals surface area contributed by atoms with Gasteiger partial charge in [0, 0.05) is 23.7 Å². The zero-order chi connectivity index (χ0) is 13.9. The van der Waals surface area contributed by atoms with E-state index in [1.54, 1.807) is 0 Å². The van der Waals surface area contributed by atoms with Gasteiger partial charge in [-0.1, -0.05) is 20.8 Å². The van der Waals surface area contributed by atoms with Crippen molar-refractivity contribution >= 4 is 0 Å². The highest BCUT2D eigenvalue weighted by Crippen LogP contribution is 2.22. The van der Waals surface area contributed by atoms with Gasteiger partial charge in [0.25, 0.3) is 0 Å². The molecule has 0 amide bonds. The fraction of sp³-hybridized carbons (Fsp3) is 0.733. The van der Waals surface area contributed by atoms with Crippen LogP contribution in [-0.2, 0) is 5.41 Å². The zero-order valence-electron chi connectivity index (χ0n) is 12.6. The van der Waals surface area contributed by atoms with Crippen molar-refractivity contribution in [1.82, 2.24) is 14.9 Å². The molecular formula is C15H25N3O. The molecule has 4 nitrogen and oxygen atoms in total. The predicted molar refractivity (Wildman–Crippen MR) is 76.6 cm³/mol. The molecule has 0 radical (unpaired) electrons. The van der Waals surface area contributed by atoms with Gasteiger partial charge in [-0.15, -0.1) is 0 Å². The Morgan fingerprint density at radius 1 is 1.26 bits per heavy atom. The van der Waals surface area contributed by atoms with E-state index < -0.39 is 0 Å². The molecular weight excluding hydrogens is 238 g/mol. The van der Waals surface area contributed by atoms with Crippen LogP contribution in [0.25, 0.3) is 0 Å². The van der Waals surface area contributed by atoms with Gasteiger partial charge in [0.1, 0.15) is 12.4 Å². The van der Waals surface area contributed by atoms with Gasteiger partial charge in [-0.25, -0.2) is 4.98 Å². The topological polar surface area (TPSA) is 38.3 Å². The molecule has 1 saturated heterocycles. The highest BCUT2D eigenvalue weighted by atomic mass is 16.5. The summed E-state index contributed by atoms with van der Waals surface area (Å²) < 4.78 is 5.84. The number of nitrogens with zero attached hydrogens (tertiary/aromatic N) is 3. The molecule has 106 valence electrons. The molecule has 1 aromatic rings. The Kier molecular flexibility index (Phi) is 4.40. The molecule has 0 aromatic carbocycles. The molecule has 2 heterocycles. The van der Waals surface area contributed by atoms with Crippen LogP contribution >= 0.6 is 0 Å². The Morgan fingerprint density at radius 3 is 2.58 bits per heavy atom. The van der Waals surface area contributed by atoms with Gasteiger partial charge in [-0.2, -0.15) is 4.98 Å². The van der Waals surface area contributed by atoms with Crippen molar-refractivity contribution in [3.8, 4) is 5.88 Å². The van der Waals surface area contributed by atoms with E-state index in [9.17, 15) is 0 Å². The van der Waals surface area contributed by atoms with Crippen LogP contribution in [0.2, 0.25) is 0 Å². The third kappa shape index (κ3) is 3.90. The fourth-order valence-corrected chi connectivity index (χ4v) is 2.21. The standard InChI is InChI=1S/C15H25N3O/c1-12-11-16-14(15(2,3)4)17-13(12)19-10-9-18-7-5-6-8-18/h11H,5-10H2,1-4H3. The fourth-order valence-electron chi connectivity index (χ4n) is 2.21. The molecule has 1 aromatic heterocycles. The van der Waals surface area contributed by atoms with Crippen molar-refractivity contribution in [2.24, 2.45) is 0 Å². The van der Waals surface area contributed by atoms with Gasteiger partial charge >= 0.3 is 0 Å². The molecule has 2 rings (SSSR count). The van der Waals surface area contributed by atoms with Gasteiger partial charge in [0.2, 0.25) is 5.88 Å². The first-order chi connectivity index (χ1) is 8.97. The number of hydrogen-bond donors (Lipinski definition) is 0. The van der Waals surface area contributed by atoms with E-state index in [1.165, 1.54) is 25.9 Å². The highest BCUT2D eigenvalue weighted by Gasteiger charge is 2.19. The Labute approximate surface area is 116 Å². The van der Waals surface area contributed by atoms with E-state index in [4.69, 9.17) is 4.74 Å². The first-order valence-electron chi connectivity index (χ1n) is 7.16. The zero-order valence-corrected chi connectivity index (χ0v) is 12.6. The van der Waals surface area contributed by atoms with Crippen LogP contribution in [0, 0.1) is 6.92 Å². The minimum Gasteiger partial charge on any atom is -0.476 e. The van der Waals surface area contributed by atoms with E-state index in [-0.39, 0.29) is 5.41 Å². The molecule has 1 aliphatic rings. The van der Waals surface area contributed by atoms with Gasteiger partial charge in [-0.05, 0) is 32.9 Å². The normalized spacial score (nSPS) is 16.8. The average Bonchev–Trinajstić information content (AvgIpc) is 2.83. The molecule has 1 fully saturated rings. The highest BCUT2D eigenvalue weighted by molar-refractivity contribution is 5.23. The lowest BCUT2D eigenvalue weighted by atomic mass is 9.96. The summed E-state index contributed by atoms with van der Waals surface area (Å²) in [6.45, 7) is 12.5. The summed E-state index contributed by atoms with van der Waals surface area (Å²) in [6, 6.07) is 0. The number of rotatable bonds is 4. The summed E-state index contributed by atoms with van der Waals surface area (Å²) in [6.07, 6.45) is 4.50. The summed E-state index contributed by atoms with van der Waals surface area (Å²) in [7, 11) is 0. The second kappa shape index (κ2) is 5.87. The number of aryl methyl sites for hydroxylation is 1. The van der Waals surface area contributed by atoms with Crippen molar-refractivity contribution in [1.29, 1.82) is 0 Å². The quantitative estimate of drug-likeness (QED) is 0.837. The van der Waals surface area contributed by atoms with Gasteiger partial charge in [-0.3, -0.25) is 4.90 Å². The minimum atomic E-state index is -0.0409. The van der Waals surface area contributed by atoms with Crippen molar-refractivity contribution in [3.63, 3.8) is 0 Å². The smallest absolute Gasteiger partial charge is 0.219 e. The second-order valence-electron chi connectivity index (χ2n) is 6.33. The van der Waals surface area contributed by atoms with Gasteiger partial charge < -0.3 is 4.74 Å². The molecule has 0 saturated carbocycles. The monoisotopic (exact) mass is 263 g/mol. The molecule has 4 heteroatoms. The summed E-state index contributed by atoms with van der Waals surface area (Å²) in [5.74, 6) is 1.58. The van der Waals surface area contributed by atoms with Crippen molar-refractivity contribution in [3.05, 3.63) is 17.6 Å². The van der Waals surface area contributed by atoms with Crippen molar-refractivity contribution in [2.45, 2.75) is 46.0 Å². The van der Waals surface area contributed by atoms with Crippen LogP contribution in [0.3, 0.4) is 0 Å². The van der Waals surface area contributed by atoms with E-state index in [0.717, 1.165) is 23.8 Å². The maximum atomic E-state index is 5.84. The van der Waals surface area contributed by atoms with Crippen LogP contribution in [0.4, 0.5) is 0 Å².